The average Bonchev–Trinajstić information content (AvgIpc) is 3.58. The van der Waals surface area contributed by atoms with Gasteiger partial charge in [-0.1, -0.05) is 0 Å². The van der Waals surface area contributed by atoms with Crippen LogP contribution in [0.4, 0.5) is 0 Å². The van der Waals surface area contributed by atoms with Crippen LogP contribution in [0.25, 0.3) is 22.1 Å². The quantitative estimate of drug-likeness (QED) is 0.468. The number of aromatic nitrogens is 6. The van der Waals surface area contributed by atoms with Crippen molar-refractivity contribution >= 4 is 22.1 Å². The molecule has 2 unspecified atom stereocenters. The molecule has 0 amide bonds. The second kappa shape index (κ2) is 7.30. The molecule has 7 rings (SSSR count). The third-order valence-electron chi connectivity index (χ3n) is 7.89. The monoisotopic (exact) mass is 450 g/mol. The molecule has 1 saturated carbocycles. The van der Waals surface area contributed by atoms with Crippen molar-refractivity contribution < 1.29 is 0 Å². The number of aromatic amines is 2. The number of nitrogens with one attached hydrogen (secondary N) is 2. The van der Waals surface area contributed by atoms with E-state index in [1.165, 1.54) is 43.5 Å². The van der Waals surface area contributed by atoms with Gasteiger partial charge in [0, 0.05) is 42.0 Å². The molecule has 0 aromatic carbocycles. The summed E-state index contributed by atoms with van der Waals surface area (Å²) < 4.78 is 8.10. The fraction of sp³-hybridized carbons (Fsp3) is 0.600. The van der Waals surface area contributed by atoms with Crippen molar-refractivity contribution in [1.29, 1.82) is 0 Å². The minimum Gasteiger partial charge on any atom is -0.330 e. The van der Waals surface area contributed by atoms with Crippen LogP contribution in [-0.2, 0) is 13.0 Å². The maximum atomic E-state index is 12.2. The van der Waals surface area contributed by atoms with Gasteiger partial charge in [-0.15, -0.1) is 0 Å². The van der Waals surface area contributed by atoms with Crippen LogP contribution in [0.1, 0.15) is 95.2 Å². The van der Waals surface area contributed by atoms with Gasteiger partial charge in [0.05, 0.1) is 10.8 Å². The summed E-state index contributed by atoms with van der Waals surface area (Å²) in [5, 5.41) is 8.27. The van der Waals surface area contributed by atoms with Crippen LogP contribution in [0, 0.1) is 0 Å². The van der Waals surface area contributed by atoms with E-state index in [1.807, 2.05) is 27.7 Å². The summed E-state index contributed by atoms with van der Waals surface area (Å²) >= 11 is 0. The lowest BCUT2D eigenvalue weighted by atomic mass is 10.1. The lowest BCUT2D eigenvalue weighted by Crippen LogP contribution is -2.19. The minimum atomic E-state index is 0.118. The van der Waals surface area contributed by atoms with Gasteiger partial charge >= 0.3 is 0 Å². The van der Waals surface area contributed by atoms with Gasteiger partial charge in [0.25, 0.3) is 11.1 Å². The van der Waals surface area contributed by atoms with Crippen LogP contribution in [-0.4, -0.2) is 28.7 Å². The van der Waals surface area contributed by atoms with Crippen molar-refractivity contribution in [3.8, 4) is 0 Å². The van der Waals surface area contributed by atoms with Gasteiger partial charge in [-0.25, -0.2) is 9.36 Å². The molecular formula is C25H34N6O2. The van der Waals surface area contributed by atoms with Crippen molar-refractivity contribution in [3.63, 3.8) is 0 Å². The predicted molar refractivity (Wildman–Crippen MR) is 130 cm³/mol. The van der Waals surface area contributed by atoms with E-state index in [2.05, 4.69) is 31.5 Å². The third kappa shape index (κ3) is 2.95. The smallest absolute Gasteiger partial charge is 0.276 e. The van der Waals surface area contributed by atoms with Crippen molar-refractivity contribution in [1.82, 2.24) is 28.7 Å². The van der Waals surface area contributed by atoms with Crippen molar-refractivity contribution in [2.75, 3.05) is 0 Å². The highest BCUT2D eigenvalue weighted by atomic mass is 16.1. The number of fused-ring (bicyclic) bond motifs is 10. The summed E-state index contributed by atoms with van der Waals surface area (Å²) in [6.07, 6.45) is 7.41. The summed E-state index contributed by atoms with van der Waals surface area (Å²) in [4.78, 5) is 24.3. The van der Waals surface area contributed by atoms with Crippen LogP contribution in [0.2, 0.25) is 0 Å². The van der Waals surface area contributed by atoms with Crippen LogP contribution in [0.15, 0.2) is 21.7 Å². The topological polar surface area (TPSA) is 85.4 Å². The van der Waals surface area contributed by atoms with Gasteiger partial charge in [-0.3, -0.25) is 19.8 Å². The maximum Gasteiger partial charge on any atom is 0.276 e. The first-order valence-electron chi connectivity index (χ1n) is 12.5. The molecule has 4 aromatic rings. The highest BCUT2D eigenvalue weighted by Crippen LogP contribution is 2.50. The number of hydrogen-bond donors (Lipinski definition) is 2. The first-order valence-corrected chi connectivity index (χ1v) is 12.5. The van der Waals surface area contributed by atoms with E-state index in [1.54, 1.807) is 9.36 Å². The zero-order valence-electron chi connectivity index (χ0n) is 20.0. The zero-order valence-corrected chi connectivity index (χ0v) is 20.0. The Morgan fingerprint density at radius 1 is 0.879 bits per heavy atom. The van der Waals surface area contributed by atoms with E-state index in [0.29, 0.717) is 12.0 Å². The first kappa shape index (κ1) is 20.7. The van der Waals surface area contributed by atoms with Gasteiger partial charge in [0.2, 0.25) is 0 Å². The van der Waals surface area contributed by atoms with Gasteiger partial charge in [0.1, 0.15) is 11.3 Å². The molecule has 0 spiro atoms. The second-order valence-corrected chi connectivity index (χ2v) is 10.6. The molecule has 33 heavy (non-hydrogen) atoms. The average molecular weight is 451 g/mol. The summed E-state index contributed by atoms with van der Waals surface area (Å²) in [6, 6.07) is 5.21. The molecule has 8 heteroatoms. The summed E-state index contributed by atoms with van der Waals surface area (Å²) in [5.74, 6) is 0.702. The Morgan fingerprint density at radius 2 is 1.55 bits per heavy atom. The SMILES string of the molecule is CC(C)n1[nH]c2c(cc3n2C2CCC3C2)c1=O.CC(C)n1[nH]c2c(cc3n2CCCC3)c1=O. The Bertz CT molecular complexity index is 1470. The van der Waals surface area contributed by atoms with E-state index in [9.17, 15) is 9.59 Å². The largest absolute Gasteiger partial charge is 0.330 e. The van der Waals surface area contributed by atoms with Gasteiger partial charge in [-0.2, -0.15) is 0 Å². The lowest BCUT2D eigenvalue weighted by Gasteiger charge is -2.15. The van der Waals surface area contributed by atoms with Crippen LogP contribution < -0.4 is 11.1 Å². The second-order valence-electron chi connectivity index (χ2n) is 10.6. The maximum absolute atomic E-state index is 12.2. The summed E-state index contributed by atoms with van der Waals surface area (Å²) in [6.45, 7) is 9.15. The van der Waals surface area contributed by atoms with Gasteiger partial charge < -0.3 is 9.13 Å². The fourth-order valence-corrected chi connectivity index (χ4v) is 6.23. The van der Waals surface area contributed by atoms with Crippen LogP contribution in [0.5, 0.6) is 0 Å². The summed E-state index contributed by atoms with van der Waals surface area (Å²) in [5.41, 5.74) is 5.00. The van der Waals surface area contributed by atoms with E-state index >= 15 is 0 Å². The zero-order chi connectivity index (χ0) is 23.0. The highest BCUT2D eigenvalue weighted by Gasteiger charge is 2.39. The predicted octanol–water partition coefficient (Wildman–Crippen LogP) is 4.58. The van der Waals surface area contributed by atoms with Crippen LogP contribution >= 0.6 is 0 Å². The molecule has 176 valence electrons. The Hall–Kier alpha value is -2.90. The molecule has 2 aliphatic heterocycles. The number of nitrogens with zero attached hydrogens (tertiary/aromatic N) is 4. The minimum absolute atomic E-state index is 0.118. The normalized spacial score (nSPS) is 21.3. The highest BCUT2D eigenvalue weighted by molar-refractivity contribution is 5.78. The number of aryl methyl sites for hydroxylation is 2. The third-order valence-corrected chi connectivity index (χ3v) is 7.89. The molecule has 4 aromatic heterocycles. The molecule has 6 heterocycles. The van der Waals surface area contributed by atoms with Crippen molar-refractivity contribution in [2.45, 2.75) is 96.8 Å². The van der Waals surface area contributed by atoms with Gasteiger partial charge in [0.15, 0.2) is 0 Å². The first-order chi connectivity index (χ1) is 15.8. The Kier molecular flexibility index (Phi) is 4.58. The molecule has 1 aliphatic carbocycles. The van der Waals surface area contributed by atoms with E-state index in [0.717, 1.165) is 35.0 Å². The Labute approximate surface area is 192 Å². The summed E-state index contributed by atoms with van der Waals surface area (Å²) in [7, 11) is 0. The number of rotatable bonds is 2. The molecule has 3 aliphatic rings. The van der Waals surface area contributed by atoms with Crippen LogP contribution in [0.3, 0.4) is 0 Å². The molecule has 1 fully saturated rings. The van der Waals surface area contributed by atoms with E-state index in [4.69, 9.17) is 0 Å². The Balaban J connectivity index is 0.000000125. The molecular weight excluding hydrogens is 416 g/mol. The van der Waals surface area contributed by atoms with E-state index < -0.39 is 0 Å². The molecule has 0 saturated heterocycles. The lowest BCUT2D eigenvalue weighted by molar-refractivity contribution is 0.504. The Morgan fingerprint density at radius 3 is 2.24 bits per heavy atom. The number of H-pyrrole nitrogens is 2. The molecule has 8 nitrogen and oxygen atoms in total. The van der Waals surface area contributed by atoms with E-state index in [-0.39, 0.29) is 23.2 Å². The molecule has 0 radical (unpaired) electrons. The fourth-order valence-electron chi connectivity index (χ4n) is 6.23. The molecule has 2 N–H and O–H groups in total. The number of hydrogen-bond acceptors (Lipinski definition) is 2. The van der Waals surface area contributed by atoms with Gasteiger partial charge in [-0.05, 0) is 78.4 Å². The van der Waals surface area contributed by atoms with Crippen molar-refractivity contribution in [2.24, 2.45) is 0 Å². The molecule has 2 atom stereocenters. The standard InChI is InChI=1S/C13H17N3O.C12H17N3O/c1-7(2)16-13(17)10-6-11-8-3-4-9(5-8)15(11)12(10)14-16;1-8(2)15-12(16)10-7-9-5-3-4-6-14(9)11(10)13-15/h6-9,14H,3-5H2,1-2H3;7-8,13H,3-6H2,1-2H3. The molecule has 2 bridgehead atoms. The van der Waals surface area contributed by atoms with Crippen molar-refractivity contribution in [3.05, 3.63) is 44.2 Å².